The molecule has 61 saturated carbocycles. The van der Waals surface area contributed by atoms with Crippen LogP contribution in [0.2, 0.25) is 0 Å². The molecule has 61 fully saturated rings. The van der Waals surface area contributed by atoms with Crippen LogP contribution in [0, 0.1) is 543 Å². The van der Waals surface area contributed by atoms with Crippen LogP contribution < -0.4 is 0 Å². The van der Waals surface area contributed by atoms with Crippen molar-refractivity contribution < 1.29 is 0 Å². The Bertz CT molecular complexity index is 6270. The zero-order valence-electron chi connectivity index (χ0n) is 57.9. The lowest BCUT2D eigenvalue weighted by Crippen LogP contribution is -3.38. The van der Waals surface area contributed by atoms with Gasteiger partial charge in [-0.1, -0.05) is 0 Å². The van der Waals surface area contributed by atoms with Crippen LogP contribution in [0.5, 0.6) is 0 Å². The van der Waals surface area contributed by atoms with E-state index >= 15 is 0 Å². The Morgan fingerprint density at radius 3 is 1.41 bits per heavy atom. The molecule has 0 saturated heterocycles. The van der Waals surface area contributed by atoms with Gasteiger partial charge in [-0.3, -0.25) is 0 Å². The molecule has 0 nitrogen and oxygen atoms in total. The second-order valence-electron chi connectivity index (χ2n) is 62.5. The van der Waals surface area contributed by atoms with E-state index in [4.69, 9.17) is 0 Å². The van der Waals surface area contributed by atoms with Gasteiger partial charge in [0.25, 0.3) is 0 Å². The first kappa shape index (κ1) is 39.6. The highest BCUT2D eigenvalue weighted by molar-refractivity contribution is 5.90. The van der Waals surface area contributed by atoms with Gasteiger partial charge in [-0.25, -0.2) is 0 Å². The Morgan fingerprint density at radius 1 is 0.147 bits per heavy atom. The van der Waals surface area contributed by atoms with E-state index in [1.807, 2.05) is 44.9 Å². The molecule has 0 radical (unpaired) electrons. The fourth-order valence-electron chi connectivity index (χ4n) is 92.6. The number of hydrogen-bond acceptors (Lipinski definition) is 0. The van der Waals surface area contributed by atoms with Crippen molar-refractivity contribution in [3.63, 3.8) is 0 Å². The zero-order chi connectivity index (χ0) is 57.9. The highest BCUT2D eigenvalue weighted by Gasteiger charge is 3.45. The van der Waals surface area contributed by atoms with Crippen LogP contribution in [-0.2, 0) is 0 Å². The van der Waals surface area contributed by atoms with Crippen molar-refractivity contribution in [2.75, 3.05) is 0 Å². The van der Waals surface area contributed by atoms with E-state index in [0.29, 0.717) is 0 Å². The van der Waals surface area contributed by atoms with Crippen molar-refractivity contribution in [2.45, 2.75) is 51.4 Å². The van der Waals surface area contributed by atoms with Gasteiger partial charge < -0.3 is 0 Å². The van der Waals surface area contributed by atoms with Crippen molar-refractivity contribution in [3.05, 3.63) is 0 Å². The largest absolute Gasteiger partial charge is 0.0467 e. The van der Waals surface area contributed by atoms with Gasteiger partial charge in [0.1, 0.15) is 0 Å². The summed E-state index contributed by atoms with van der Waals surface area (Å²) in [7, 11) is 0. The van der Waals surface area contributed by atoms with Crippen LogP contribution in [0.3, 0.4) is 0 Å². The molecule has 61 aliphatic rings. The molecule has 0 heteroatoms. The van der Waals surface area contributed by atoms with Gasteiger partial charge in [-0.05, 0) is 595 Å². The van der Waals surface area contributed by atoms with Crippen LogP contribution in [0.25, 0.3) is 0 Å². The van der Waals surface area contributed by atoms with Gasteiger partial charge in [0.2, 0.25) is 0 Å². The number of rotatable bonds is 0. The van der Waals surface area contributed by atoms with E-state index in [1.165, 1.54) is 402 Å². The smallest absolute Gasteiger partial charge is 0.00591 e. The van der Waals surface area contributed by atoms with Crippen molar-refractivity contribution in [2.24, 2.45) is 543 Å². The van der Waals surface area contributed by atoms with Crippen molar-refractivity contribution >= 4 is 0 Å². The third-order valence-corrected chi connectivity index (χ3v) is 78.4. The highest BCUT2D eigenvalue weighted by atomic mass is 15.5. The third kappa shape index (κ3) is 1.36. The summed E-state index contributed by atoms with van der Waals surface area (Å²) in [4.78, 5) is 0. The van der Waals surface area contributed by atoms with Gasteiger partial charge in [0.05, 0.1) is 0 Å². The summed E-state index contributed by atoms with van der Waals surface area (Å²) in [5.41, 5.74) is 26.7. The molecule has 0 aromatic rings. The minimum absolute atomic E-state index is 0.955. The quantitative estimate of drug-likeness (QED) is 0.227. The van der Waals surface area contributed by atoms with Gasteiger partial charge >= 0.3 is 0 Å². The van der Waals surface area contributed by atoms with E-state index in [1.54, 1.807) is 0 Å². The van der Waals surface area contributed by atoms with Crippen LogP contribution in [-0.4, -0.2) is 0 Å². The lowest BCUT2D eigenvalue weighted by molar-refractivity contribution is -0.950. The predicted molar refractivity (Wildman–Crippen MR) is 338 cm³/mol. The van der Waals surface area contributed by atoms with Gasteiger partial charge in [0, 0.05) is 0 Å². The maximum atomic E-state index is 2.09. The van der Waals surface area contributed by atoms with E-state index in [9.17, 15) is 0 Å². The lowest BCUT2D eigenvalue weighted by atomic mass is 8.63. The van der Waals surface area contributed by atoms with Crippen LogP contribution in [0.1, 0.15) is 51.4 Å². The van der Waals surface area contributed by atoms with Gasteiger partial charge in [0.15, 0.2) is 0 Å². The van der Waals surface area contributed by atoms with Gasteiger partial charge in [-0.15, -0.1) is 0 Å². The first-order chi connectivity index (χ1) is 50.7. The third-order valence-electron chi connectivity index (χ3n) is 78.4. The van der Waals surface area contributed by atoms with Crippen molar-refractivity contribution in [1.82, 2.24) is 0 Å². The molecule has 0 aromatic carbocycles. The maximum Gasteiger partial charge on any atom is -0.00591 e. The Kier molecular flexibility index (Phi) is 2.90. The molecule has 0 aliphatic heterocycles. The summed E-state index contributed by atoms with van der Waals surface area (Å²) in [5.74, 6) is 93.0. The normalized spacial score (nSPS) is 123. The molecule has 0 heterocycles. The first-order valence-corrected chi connectivity index (χ1v) is 50.7. The molecule has 492 valence electrons. The number of fused-ring (bicyclic) bond motifs is 38. The lowest BCUT2D eigenvalue weighted by Gasteiger charge is -3.40. The fraction of sp³-hybridized carbons (Fsp3) is 1.00. The molecule has 61 aliphatic carbocycles. The summed E-state index contributed by atoms with van der Waals surface area (Å²) < 4.78 is 0. The van der Waals surface area contributed by atoms with E-state index in [2.05, 4.69) is 6.42 Å². The zero-order valence-corrected chi connectivity index (χ0v) is 57.9. The van der Waals surface area contributed by atoms with Crippen LogP contribution >= 0.6 is 0 Å². The minimum atomic E-state index is 0.955. The number of hydrogen-bond donors (Lipinski definition) is 0. The Labute approximate surface area is 590 Å². The SMILES string of the molecule is C1C2CC3C4C5C6CC7C8C9C%10CC%11C%12C%13C%14C%15C%16C%17C%18C%19C%20C%21C%22CC%23C%24C%25CC%26C%27C%28C%29C%30C(C%29C%28C%27[C@H]%26%25)C%25C%30C%26C%25C%25C%26C%26C%27C%28C%29C%30C1C1C%31C2C32C%313C%31C%32C%33CC%34%35C%36C%37C%38CC%39C%40C%41C%42(C%43C%44C%45C%46C%47C%48C%49C%24C%23%22C%21%49C%20%48C%19%47C%18%46C%17%45C%16%44C%15%43C%14%42C%13%41C%12%40C%11%39C%10%38C9%37C8%36C7%34C6%33C5%32C4%312)C%25%26C%27C%28%35C%29C%3013. The van der Waals surface area contributed by atoms with E-state index in [0.717, 1.165) is 141 Å². The second kappa shape index (κ2) is 7.46. The molecule has 102 heavy (non-hydrogen) atoms. The monoisotopic (exact) mass is 1310 g/mol. The molecule has 94 atom stereocenters. The predicted octanol–water partition coefficient (Wildman–Crippen LogP) is 11.5. The second-order valence-corrected chi connectivity index (χ2v) is 62.5. The Hall–Kier alpha value is 0. The molecule has 93 unspecified atom stereocenters. The fourth-order valence-corrected chi connectivity index (χ4v) is 92.6. The van der Waals surface area contributed by atoms with Crippen LogP contribution in [0.15, 0.2) is 0 Å². The highest BCUT2D eigenvalue weighted by Crippen LogP contribution is 3.47. The molecule has 61 rings (SSSR count). The summed E-state index contributed by atoms with van der Waals surface area (Å²) in [6.07, 6.45) is 15.5. The standard InChI is InChI=1S/C102H84/c1-9-2-15-46-45-18-7-21-48-44-16-5-17-47-58-69-67-65-64-62-60-57-43-14-4-13-24-10-3-11-23(10)26-25(11)27-28(26)30-29(27)31-32(30)34-33(31)35-36(34)52-37(35)53-39-54-38-41-12(1)42-56-40(9)85(15)95(56)74-51-22-8-77-73-49-19-6-20-50-75-98(58,88(47,50)83(17,20)82(16,19)87(44,49)97(48,73)101(21,77)84(18,22)89(45,51)96(46,74)85)102(69)99(67)76(100(75,102)80(52,53)72(39)81(54,77)71(38)79(41,42)95)70-68-66-63-61-59-55(24)78(13,14)86(43,59)90(57,61)91(60,63)92(62,66)93(64,68)94(65,70)99/h9-76H,1-8H2/t9?,10?,11?,12?,13?,14?,15?,16?,17?,18?,19?,20?,21?,22?,23-,24?,25?,26?,27?,28?,29?,30?,31?,32?,33?,34?,35?,36?,37?,38?,39?,40?,41?,42?,43?,44?,45?,46?,47?,48?,49?,50?,51?,52?,53?,54?,55?,56?,57?,58?,59?,60?,61?,62?,63?,64?,65?,66?,67?,68?,69?,70?,71?,72?,73?,74?,75?,76?,77?,78?,79?,80?,81?,82?,83?,84?,85?,86?,87?,88?,89?,90?,91?,92?,93?,94?,95?,96?,97?,98?,99?,100?,101?,102?/m0/s1. The maximum absolute atomic E-state index is 2.09. The van der Waals surface area contributed by atoms with Crippen molar-refractivity contribution in [1.29, 1.82) is 0 Å². The van der Waals surface area contributed by atoms with Crippen LogP contribution in [0.4, 0.5) is 0 Å². The average molecular weight is 1310 g/mol. The average Bonchev–Trinajstić information content (AvgIpc) is 0.701. The molecule has 0 amide bonds. The van der Waals surface area contributed by atoms with Crippen molar-refractivity contribution in [3.8, 4) is 0 Å². The topological polar surface area (TPSA) is 0 Å². The molecule has 25 spiro atoms. The summed E-state index contributed by atoms with van der Waals surface area (Å²) >= 11 is 0. The Balaban J connectivity index is 0.538. The van der Waals surface area contributed by atoms with E-state index < -0.39 is 0 Å². The summed E-state index contributed by atoms with van der Waals surface area (Å²) in [6.45, 7) is 0. The molecule has 0 N–H and O–H groups in total. The summed E-state index contributed by atoms with van der Waals surface area (Å²) in [6, 6.07) is 0. The van der Waals surface area contributed by atoms with E-state index in [-0.39, 0.29) is 0 Å². The molecular formula is C102H84. The molecule has 0 aromatic heterocycles. The molecular weight excluding hydrogens is 1230 g/mol. The summed E-state index contributed by atoms with van der Waals surface area (Å²) in [5, 5.41) is 0. The first-order valence-electron chi connectivity index (χ1n) is 50.7. The minimum Gasteiger partial charge on any atom is -0.0467 e. The Morgan fingerprint density at radius 2 is 0.618 bits per heavy atom. The molecule has 9 bridgehead atoms. The van der Waals surface area contributed by atoms with Gasteiger partial charge in [-0.2, -0.15) is 0 Å².